The standard InChI is InChI=1S/C21H25NO2.ClH/c23-21(19-12-6-2-7-13-19)24-20(18-10-4-1-5-11-18)14-17-22-15-8-3-9-16-22;/h1-2,4-7,10-13,20H,3,8-9,14-17H2;1H. The molecule has 1 aliphatic rings. The number of rotatable bonds is 6. The Bertz CT molecular complexity index is 627. The number of piperidine rings is 1. The van der Waals surface area contributed by atoms with Crippen LogP contribution in [-0.4, -0.2) is 30.5 Å². The van der Waals surface area contributed by atoms with Gasteiger partial charge in [0.05, 0.1) is 5.56 Å². The second-order valence-electron chi connectivity index (χ2n) is 6.36. The second kappa shape index (κ2) is 10.2. The van der Waals surface area contributed by atoms with Gasteiger partial charge < -0.3 is 9.64 Å². The number of ether oxygens (including phenoxy) is 1. The highest BCUT2D eigenvalue weighted by atomic mass is 35.5. The molecule has 3 rings (SSSR count). The lowest BCUT2D eigenvalue weighted by molar-refractivity contribution is 0.0246. The van der Waals surface area contributed by atoms with Crippen LogP contribution in [-0.2, 0) is 4.74 Å². The number of carbonyl (C=O) groups excluding carboxylic acids is 1. The molecular weight excluding hydrogens is 334 g/mol. The van der Waals surface area contributed by atoms with Crippen LogP contribution in [0.3, 0.4) is 0 Å². The Hall–Kier alpha value is -1.84. The molecule has 0 aliphatic carbocycles. The van der Waals surface area contributed by atoms with E-state index in [4.69, 9.17) is 4.74 Å². The molecule has 134 valence electrons. The van der Waals surface area contributed by atoms with E-state index < -0.39 is 0 Å². The fourth-order valence-corrected chi connectivity index (χ4v) is 3.22. The number of hydrogen-bond donors (Lipinski definition) is 0. The minimum atomic E-state index is -0.247. The monoisotopic (exact) mass is 359 g/mol. The van der Waals surface area contributed by atoms with Gasteiger partial charge in [-0.05, 0) is 43.6 Å². The van der Waals surface area contributed by atoms with E-state index in [0.717, 1.165) is 31.6 Å². The number of nitrogens with zero attached hydrogens (tertiary/aromatic N) is 1. The molecular formula is C21H26ClNO2. The van der Waals surface area contributed by atoms with Crippen LogP contribution in [0.25, 0.3) is 0 Å². The summed E-state index contributed by atoms with van der Waals surface area (Å²) in [5.74, 6) is -0.247. The van der Waals surface area contributed by atoms with Gasteiger partial charge in [-0.25, -0.2) is 4.79 Å². The number of carbonyl (C=O) groups is 1. The molecule has 0 N–H and O–H groups in total. The maximum Gasteiger partial charge on any atom is 0.338 e. The van der Waals surface area contributed by atoms with Crippen molar-refractivity contribution in [2.45, 2.75) is 31.8 Å². The van der Waals surface area contributed by atoms with Gasteiger partial charge >= 0.3 is 5.97 Å². The average Bonchev–Trinajstić information content (AvgIpc) is 2.67. The summed E-state index contributed by atoms with van der Waals surface area (Å²) >= 11 is 0. The summed E-state index contributed by atoms with van der Waals surface area (Å²) in [6, 6.07) is 19.3. The van der Waals surface area contributed by atoms with E-state index in [2.05, 4.69) is 4.90 Å². The molecule has 2 aromatic rings. The van der Waals surface area contributed by atoms with Gasteiger partial charge in [0, 0.05) is 13.0 Å². The first-order valence-electron chi connectivity index (χ1n) is 8.86. The van der Waals surface area contributed by atoms with Crippen LogP contribution in [0.15, 0.2) is 60.7 Å². The molecule has 0 saturated carbocycles. The third-order valence-electron chi connectivity index (χ3n) is 4.59. The number of esters is 1. The summed E-state index contributed by atoms with van der Waals surface area (Å²) in [5.41, 5.74) is 1.68. The number of hydrogen-bond acceptors (Lipinski definition) is 3. The Morgan fingerprint density at radius 2 is 1.52 bits per heavy atom. The van der Waals surface area contributed by atoms with E-state index in [0.29, 0.717) is 5.56 Å². The Labute approximate surface area is 156 Å². The lowest BCUT2D eigenvalue weighted by Crippen LogP contribution is -2.31. The van der Waals surface area contributed by atoms with Gasteiger partial charge in [0.25, 0.3) is 0 Å². The molecule has 4 heteroatoms. The maximum absolute atomic E-state index is 12.4. The molecule has 1 fully saturated rings. The van der Waals surface area contributed by atoms with Crippen molar-refractivity contribution in [3.05, 3.63) is 71.8 Å². The van der Waals surface area contributed by atoms with Crippen LogP contribution in [0, 0.1) is 0 Å². The topological polar surface area (TPSA) is 29.5 Å². The van der Waals surface area contributed by atoms with Crippen LogP contribution < -0.4 is 0 Å². The predicted octanol–water partition coefficient (Wildman–Crippen LogP) is 4.88. The molecule has 2 aromatic carbocycles. The lowest BCUT2D eigenvalue weighted by atomic mass is 10.0. The van der Waals surface area contributed by atoms with Crippen molar-refractivity contribution in [1.82, 2.24) is 4.90 Å². The van der Waals surface area contributed by atoms with E-state index >= 15 is 0 Å². The second-order valence-corrected chi connectivity index (χ2v) is 6.36. The first-order valence-corrected chi connectivity index (χ1v) is 8.86. The molecule has 0 radical (unpaired) electrons. The smallest absolute Gasteiger partial charge is 0.338 e. The van der Waals surface area contributed by atoms with Crippen LogP contribution in [0.1, 0.15) is 47.7 Å². The molecule has 1 unspecified atom stereocenters. The minimum absolute atomic E-state index is 0. The van der Waals surface area contributed by atoms with Gasteiger partial charge in [-0.3, -0.25) is 0 Å². The highest BCUT2D eigenvalue weighted by molar-refractivity contribution is 5.89. The normalized spacial score (nSPS) is 15.8. The molecule has 0 aromatic heterocycles. The van der Waals surface area contributed by atoms with Crippen molar-refractivity contribution in [2.75, 3.05) is 19.6 Å². The molecule has 1 atom stereocenters. The average molecular weight is 360 g/mol. The fourth-order valence-electron chi connectivity index (χ4n) is 3.22. The van der Waals surface area contributed by atoms with E-state index in [9.17, 15) is 4.79 Å². The Kier molecular flexibility index (Phi) is 7.96. The van der Waals surface area contributed by atoms with Gasteiger partial charge in [0.1, 0.15) is 6.10 Å². The van der Waals surface area contributed by atoms with Gasteiger partial charge in [0.15, 0.2) is 0 Å². The molecule has 25 heavy (non-hydrogen) atoms. The number of benzene rings is 2. The van der Waals surface area contributed by atoms with E-state index in [-0.39, 0.29) is 24.5 Å². The third kappa shape index (κ3) is 5.87. The molecule has 0 spiro atoms. The van der Waals surface area contributed by atoms with Crippen LogP contribution in [0.4, 0.5) is 0 Å². The SMILES string of the molecule is Cl.O=C(OC(CCN1CCCCC1)c1ccccc1)c1ccccc1. The molecule has 0 amide bonds. The fraction of sp³-hybridized carbons (Fsp3) is 0.381. The predicted molar refractivity (Wildman–Crippen MR) is 103 cm³/mol. The summed E-state index contributed by atoms with van der Waals surface area (Å²) in [5, 5.41) is 0. The highest BCUT2D eigenvalue weighted by Gasteiger charge is 2.20. The van der Waals surface area contributed by atoms with Crippen molar-refractivity contribution in [3.63, 3.8) is 0 Å². The van der Waals surface area contributed by atoms with Crippen molar-refractivity contribution in [3.8, 4) is 0 Å². The zero-order chi connectivity index (χ0) is 16.6. The summed E-state index contributed by atoms with van der Waals surface area (Å²) in [4.78, 5) is 14.9. The van der Waals surface area contributed by atoms with Crippen molar-refractivity contribution in [2.24, 2.45) is 0 Å². The van der Waals surface area contributed by atoms with E-state index in [1.807, 2.05) is 48.5 Å². The number of halogens is 1. The zero-order valence-electron chi connectivity index (χ0n) is 14.5. The first kappa shape index (κ1) is 19.5. The van der Waals surface area contributed by atoms with Gasteiger partial charge in [0.2, 0.25) is 0 Å². The zero-order valence-corrected chi connectivity index (χ0v) is 15.3. The first-order chi connectivity index (χ1) is 11.8. The van der Waals surface area contributed by atoms with Crippen molar-refractivity contribution < 1.29 is 9.53 Å². The quantitative estimate of drug-likeness (QED) is 0.688. The molecule has 1 aliphatic heterocycles. The Morgan fingerprint density at radius 1 is 0.920 bits per heavy atom. The third-order valence-corrected chi connectivity index (χ3v) is 4.59. The number of likely N-dealkylation sites (tertiary alicyclic amines) is 1. The van der Waals surface area contributed by atoms with Crippen molar-refractivity contribution >= 4 is 18.4 Å². The van der Waals surface area contributed by atoms with Gasteiger partial charge in [-0.2, -0.15) is 0 Å². The van der Waals surface area contributed by atoms with Gasteiger partial charge in [-0.15, -0.1) is 12.4 Å². The van der Waals surface area contributed by atoms with Crippen molar-refractivity contribution in [1.29, 1.82) is 0 Å². The van der Waals surface area contributed by atoms with Crippen LogP contribution in [0.5, 0.6) is 0 Å². The molecule has 3 nitrogen and oxygen atoms in total. The Morgan fingerprint density at radius 3 is 2.16 bits per heavy atom. The van der Waals surface area contributed by atoms with Gasteiger partial charge in [-0.1, -0.05) is 55.0 Å². The van der Waals surface area contributed by atoms with Crippen LogP contribution in [0.2, 0.25) is 0 Å². The van der Waals surface area contributed by atoms with Crippen LogP contribution >= 0.6 is 12.4 Å². The summed E-state index contributed by atoms with van der Waals surface area (Å²) in [7, 11) is 0. The largest absolute Gasteiger partial charge is 0.454 e. The van der Waals surface area contributed by atoms with E-state index in [1.165, 1.54) is 19.3 Å². The summed E-state index contributed by atoms with van der Waals surface area (Å²) < 4.78 is 5.85. The summed E-state index contributed by atoms with van der Waals surface area (Å²) in [6.07, 6.45) is 4.53. The van der Waals surface area contributed by atoms with E-state index in [1.54, 1.807) is 12.1 Å². The molecule has 1 heterocycles. The molecule has 1 saturated heterocycles. The highest BCUT2D eigenvalue weighted by Crippen LogP contribution is 2.24. The lowest BCUT2D eigenvalue weighted by Gasteiger charge is -2.28. The Balaban J connectivity index is 0.00000225. The maximum atomic E-state index is 12.4. The summed E-state index contributed by atoms with van der Waals surface area (Å²) in [6.45, 7) is 3.30. The molecule has 0 bridgehead atoms. The minimum Gasteiger partial charge on any atom is -0.454 e.